The average molecular weight is 424 g/mol. The SMILES string of the molecule is CN=C(NCc1cc2c(cc1OC(F)F)OCO2)NCC(c1cnn(C)c1)N(C)C. The number of hydrogen-bond donors (Lipinski definition) is 2. The highest BCUT2D eigenvalue weighted by atomic mass is 19.3. The number of fused-ring (bicyclic) bond motifs is 1. The van der Waals surface area contributed by atoms with Gasteiger partial charge in [-0.25, -0.2) is 0 Å². The van der Waals surface area contributed by atoms with E-state index in [4.69, 9.17) is 9.47 Å². The molecule has 1 unspecified atom stereocenters. The molecule has 0 saturated carbocycles. The summed E-state index contributed by atoms with van der Waals surface area (Å²) in [6.07, 6.45) is 3.78. The number of ether oxygens (including phenoxy) is 3. The van der Waals surface area contributed by atoms with E-state index in [0.717, 1.165) is 5.56 Å². The van der Waals surface area contributed by atoms with E-state index in [1.165, 1.54) is 6.07 Å². The minimum atomic E-state index is -2.94. The van der Waals surface area contributed by atoms with Crippen molar-refractivity contribution in [1.82, 2.24) is 25.3 Å². The van der Waals surface area contributed by atoms with Gasteiger partial charge in [-0.05, 0) is 20.2 Å². The number of nitrogens with one attached hydrogen (secondary N) is 2. The molecule has 2 aromatic rings. The third kappa shape index (κ3) is 5.29. The van der Waals surface area contributed by atoms with Crippen molar-refractivity contribution in [3.63, 3.8) is 0 Å². The number of nitrogens with zero attached hydrogens (tertiary/aromatic N) is 4. The maximum atomic E-state index is 12.8. The van der Waals surface area contributed by atoms with E-state index in [1.807, 2.05) is 33.5 Å². The van der Waals surface area contributed by atoms with E-state index < -0.39 is 6.61 Å². The Balaban J connectivity index is 1.65. The Morgan fingerprint density at radius 1 is 1.30 bits per heavy atom. The summed E-state index contributed by atoms with van der Waals surface area (Å²) in [6.45, 7) is -2.12. The van der Waals surface area contributed by atoms with Crippen molar-refractivity contribution in [3.05, 3.63) is 35.7 Å². The molecule has 1 aromatic carbocycles. The fourth-order valence-corrected chi connectivity index (χ4v) is 3.11. The molecule has 0 bridgehead atoms. The Kier molecular flexibility index (Phi) is 6.93. The second-order valence-corrected chi connectivity index (χ2v) is 6.93. The van der Waals surface area contributed by atoms with Gasteiger partial charge in [0.05, 0.1) is 12.2 Å². The number of benzene rings is 1. The standard InChI is InChI=1S/C19H26F2N6O3/c1-22-19(24-9-14(26(2)3)13-8-25-27(4)10-13)23-7-12-5-16-17(29-11-28-16)6-15(12)30-18(20)21/h5-6,8,10,14,18H,7,9,11H2,1-4H3,(H2,22,23,24). The number of aromatic nitrogens is 2. The number of aliphatic imine (C=N–C) groups is 1. The fourth-order valence-electron chi connectivity index (χ4n) is 3.11. The monoisotopic (exact) mass is 424 g/mol. The van der Waals surface area contributed by atoms with E-state index in [1.54, 1.807) is 17.8 Å². The topological polar surface area (TPSA) is 85.2 Å². The Bertz CT molecular complexity index is 887. The molecule has 164 valence electrons. The molecule has 0 radical (unpaired) electrons. The predicted octanol–water partition coefficient (Wildman–Crippen LogP) is 1.72. The first kappa shape index (κ1) is 21.6. The summed E-state index contributed by atoms with van der Waals surface area (Å²) in [5.41, 5.74) is 1.56. The number of halogens is 2. The molecule has 0 fully saturated rings. The molecule has 9 nitrogen and oxygen atoms in total. The Morgan fingerprint density at radius 3 is 2.63 bits per heavy atom. The summed E-state index contributed by atoms with van der Waals surface area (Å²) in [7, 11) is 7.47. The van der Waals surface area contributed by atoms with Crippen LogP contribution in [0.4, 0.5) is 8.78 Å². The minimum Gasteiger partial charge on any atom is -0.454 e. The van der Waals surface area contributed by atoms with Crippen LogP contribution >= 0.6 is 0 Å². The van der Waals surface area contributed by atoms with Crippen LogP contribution in [0.2, 0.25) is 0 Å². The number of hydrogen-bond acceptors (Lipinski definition) is 6. The molecule has 1 aliphatic rings. The summed E-state index contributed by atoms with van der Waals surface area (Å²) in [6, 6.07) is 3.10. The number of likely N-dealkylation sites (N-methyl/N-ethyl adjacent to an activating group) is 1. The molecular formula is C19H26F2N6O3. The second kappa shape index (κ2) is 9.61. The Labute approximate surface area is 173 Å². The van der Waals surface area contributed by atoms with Gasteiger partial charge in [-0.1, -0.05) is 0 Å². The Hall–Kier alpha value is -3.08. The van der Waals surface area contributed by atoms with Gasteiger partial charge >= 0.3 is 6.61 Å². The first-order chi connectivity index (χ1) is 14.4. The van der Waals surface area contributed by atoms with Crippen molar-refractivity contribution in [2.45, 2.75) is 19.2 Å². The average Bonchev–Trinajstić information content (AvgIpc) is 3.32. The van der Waals surface area contributed by atoms with Gasteiger partial charge in [0.2, 0.25) is 6.79 Å². The lowest BCUT2D eigenvalue weighted by atomic mass is 10.1. The maximum absolute atomic E-state index is 12.8. The van der Waals surface area contributed by atoms with E-state index in [0.29, 0.717) is 29.6 Å². The molecule has 30 heavy (non-hydrogen) atoms. The van der Waals surface area contributed by atoms with Gasteiger partial charge in [-0.3, -0.25) is 9.67 Å². The third-order valence-corrected chi connectivity index (χ3v) is 4.64. The minimum absolute atomic E-state index is 0.0266. The molecule has 0 saturated heterocycles. The second-order valence-electron chi connectivity index (χ2n) is 6.93. The van der Waals surface area contributed by atoms with Gasteiger partial charge in [0.15, 0.2) is 17.5 Å². The molecule has 0 amide bonds. The highest BCUT2D eigenvalue weighted by Crippen LogP contribution is 2.38. The number of guanidine groups is 1. The van der Waals surface area contributed by atoms with Crippen molar-refractivity contribution in [2.75, 3.05) is 34.5 Å². The van der Waals surface area contributed by atoms with Crippen LogP contribution in [0, 0.1) is 0 Å². The van der Waals surface area contributed by atoms with Crippen LogP contribution in [0.15, 0.2) is 29.5 Å². The van der Waals surface area contributed by atoms with Gasteiger partial charge in [0, 0.05) is 50.6 Å². The zero-order chi connectivity index (χ0) is 21.7. The van der Waals surface area contributed by atoms with Crippen LogP contribution < -0.4 is 24.8 Å². The maximum Gasteiger partial charge on any atom is 0.387 e. The summed E-state index contributed by atoms with van der Waals surface area (Å²) >= 11 is 0. The first-order valence-electron chi connectivity index (χ1n) is 9.34. The van der Waals surface area contributed by atoms with E-state index in [2.05, 4.69) is 30.4 Å². The van der Waals surface area contributed by atoms with Crippen LogP contribution in [0.5, 0.6) is 17.2 Å². The molecular weight excluding hydrogens is 398 g/mol. The number of rotatable bonds is 8. The van der Waals surface area contributed by atoms with E-state index in [-0.39, 0.29) is 25.1 Å². The first-order valence-corrected chi connectivity index (χ1v) is 9.34. The lowest BCUT2D eigenvalue weighted by molar-refractivity contribution is -0.0505. The molecule has 3 rings (SSSR count). The van der Waals surface area contributed by atoms with E-state index in [9.17, 15) is 8.78 Å². The summed E-state index contributed by atoms with van der Waals surface area (Å²) in [4.78, 5) is 6.28. The largest absolute Gasteiger partial charge is 0.454 e. The summed E-state index contributed by atoms with van der Waals surface area (Å²) in [5.74, 6) is 1.41. The van der Waals surface area contributed by atoms with E-state index >= 15 is 0 Å². The van der Waals surface area contributed by atoms with Crippen molar-refractivity contribution >= 4 is 5.96 Å². The molecule has 1 atom stereocenters. The third-order valence-electron chi connectivity index (χ3n) is 4.64. The lowest BCUT2D eigenvalue weighted by Crippen LogP contribution is -2.41. The quantitative estimate of drug-likeness (QED) is 0.493. The highest BCUT2D eigenvalue weighted by Gasteiger charge is 2.21. The highest BCUT2D eigenvalue weighted by molar-refractivity contribution is 5.79. The summed E-state index contributed by atoms with van der Waals surface area (Å²) < 4.78 is 42.6. The van der Waals surface area contributed by atoms with Crippen molar-refractivity contribution in [1.29, 1.82) is 0 Å². The van der Waals surface area contributed by atoms with Gasteiger partial charge in [-0.15, -0.1) is 0 Å². The van der Waals surface area contributed by atoms with Crippen LogP contribution in [0.1, 0.15) is 17.2 Å². The predicted molar refractivity (Wildman–Crippen MR) is 107 cm³/mol. The van der Waals surface area contributed by atoms with Gasteiger partial charge in [0.1, 0.15) is 5.75 Å². The number of aryl methyl sites for hydroxylation is 1. The zero-order valence-corrected chi connectivity index (χ0v) is 17.4. The smallest absolute Gasteiger partial charge is 0.387 e. The molecule has 2 N–H and O–H groups in total. The van der Waals surface area contributed by atoms with Crippen LogP contribution in [-0.4, -0.2) is 61.7 Å². The van der Waals surface area contributed by atoms with Crippen molar-refractivity contribution in [3.8, 4) is 17.2 Å². The molecule has 11 heteroatoms. The summed E-state index contributed by atoms with van der Waals surface area (Å²) in [5, 5.41) is 10.6. The molecule has 2 heterocycles. The van der Waals surface area contributed by atoms with Crippen molar-refractivity contribution < 1.29 is 23.0 Å². The van der Waals surface area contributed by atoms with Gasteiger partial charge < -0.3 is 29.7 Å². The molecule has 0 aliphatic carbocycles. The number of alkyl halides is 2. The lowest BCUT2D eigenvalue weighted by Gasteiger charge is -2.24. The molecule has 1 aromatic heterocycles. The van der Waals surface area contributed by atoms with Crippen LogP contribution in [-0.2, 0) is 13.6 Å². The Morgan fingerprint density at radius 2 is 2.03 bits per heavy atom. The normalized spacial score (nSPS) is 14.3. The fraction of sp³-hybridized carbons (Fsp3) is 0.474. The molecule has 1 aliphatic heterocycles. The van der Waals surface area contributed by atoms with Crippen molar-refractivity contribution in [2.24, 2.45) is 12.0 Å². The zero-order valence-electron chi connectivity index (χ0n) is 17.4. The van der Waals surface area contributed by atoms with Crippen LogP contribution in [0.3, 0.4) is 0 Å². The van der Waals surface area contributed by atoms with Crippen LogP contribution in [0.25, 0.3) is 0 Å². The van der Waals surface area contributed by atoms with Gasteiger partial charge in [-0.2, -0.15) is 13.9 Å². The van der Waals surface area contributed by atoms with Gasteiger partial charge in [0.25, 0.3) is 0 Å². The molecule has 0 spiro atoms.